The van der Waals surface area contributed by atoms with Crippen LogP contribution in [0.15, 0.2) is 125 Å². The van der Waals surface area contributed by atoms with Crippen molar-refractivity contribution in [2.24, 2.45) is 4.30 Å². The Hall–Kier alpha value is -5.73. The number of H-pyrrole nitrogens is 2. The third kappa shape index (κ3) is 7.31. The maximum absolute atomic E-state index is 13.3. The van der Waals surface area contributed by atoms with E-state index in [1.807, 2.05) is 36.4 Å². The Labute approximate surface area is 300 Å². The van der Waals surface area contributed by atoms with Gasteiger partial charge in [0.15, 0.2) is 0 Å². The summed E-state index contributed by atoms with van der Waals surface area (Å²) in [6, 6.07) is 26.1. The molecule has 6 heterocycles. The van der Waals surface area contributed by atoms with Crippen LogP contribution < -0.4 is 11.5 Å². The van der Waals surface area contributed by atoms with Gasteiger partial charge in [-0.3, -0.25) is 9.97 Å². The van der Waals surface area contributed by atoms with Gasteiger partial charge in [-0.05, 0) is 129 Å². The Morgan fingerprint density at radius 3 is 1.54 bits per heavy atom. The molecule has 1 radical (unpaired) electrons. The van der Waals surface area contributed by atoms with E-state index in [4.69, 9.17) is 11.5 Å². The van der Waals surface area contributed by atoms with Crippen LogP contribution in [-0.4, -0.2) is 37.5 Å². The second kappa shape index (κ2) is 15.2. The fraction of sp³-hybridized carbons (Fsp3) is 0. The van der Waals surface area contributed by atoms with Gasteiger partial charge in [-0.25, -0.2) is 18.7 Å². The number of nitrogens with two attached hydrogens (primary N) is 2. The number of hydrogen-bond acceptors (Lipinski definition) is 8. The van der Waals surface area contributed by atoms with Crippen LogP contribution in [0.1, 0.15) is 0 Å². The molecule has 0 aliphatic heterocycles. The molecule has 0 bridgehead atoms. The zero-order valence-electron chi connectivity index (χ0n) is 26.0. The Bertz CT molecular complexity index is 2410. The zero-order valence-corrected chi connectivity index (χ0v) is 28.5. The number of halogens is 3. The molecule has 14 heteroatoms. The van der Waals surface area contributed by atoms with Gasteiger partial charge in [0.2, 0.25) is 0 Å². The number of nitrogen functional groups attached to an aromatic ring is 2. The van der Waals surface area contributed by atoms with Gasteiger partial charge < -0.3 is 21.4 Å². The van der Waals surface area contributed by atoms with E-state index in [0.717, 1.165) is 60.0 Å². The third-order valence-electron chi connectivity index (χ3n) is 7.65. The molecule has 0 aliphatic carbocycles. The normalized spacial score (nSPS) is 10.6. The Balaban J connectivity index is 0.000000161. The first-order chi connectivity index (χ1) is 24.3. The average Bonchev–Trinajstić information content (AvgIpc) is 3.68. The van der Waals surface area contributed by atoms with Gasteiger partial charge in [0.25, 0.3) is 0 Å². The molecule has 0 spiro atoms. The standard InChI is InChI=1S/C18H12BrFN4.C18H13FN4.BHNS/c19-14-9-13-15(10-5-7-22-8-6-10)16(23-18(13)24-17(14)21)11-1-3-12(20)4-2-11;19-13-3-1-12(2-4-13)17-16(11-7-9-21-10-8-11)14-5-6-15(20)22-18(14)23-17;1-2-3/h1-9H,(H3,21,23,24);1-10H,(H3,20,22,23);3H. The third-order valence-corrected chi connectivity index (χ3v) is 8.28. The van der Waals surface area contributed by atoms with Gasteiger partial charge >= 0.3 is 24.8 Å². The van der Waals surface area contributed by atoms with Crippen molar-refractivity contribution in [2.45, 2.75) is 0 Å². The van der Waals surface area contributed by atoms with Crippen LogP contribution in [0.2, 0.25) is 0 Å². The number of rotatable bonds is 4. The molecule has 0 unspecified atom stereocenters. The van der Waals surface area contributed by atoms with E-state index < -0.39 is 0 Å². The predicted molar refractivity (Wildman–Crippen MR) is 203 cm³/mol. The summed E-state index contributed by atoms with van der Waals surface area (Å²) < 4.78 is 29.9. The fourth-order valence-electron chi connectivity index (χ4n) is 5.49. The van der Waals surface area contributed by atoms with Crippen molar-refractivity contribution in [3.05, 3.63) is 132 Å². The van der Waals surface area contributed by atoms with Crippen LogP contribution in [-0.2, 0) is 0 Å². The van der Waals surface area contributed by atoms with Gasteiger partial charge in [0, 0.05) is 46.7 Å². The number of pyridine rings is 4. The summed E-state index contributed by atoms with van der Waals surface area (Å²) in [6.07, 6.45) is 6.96. The molecule has 6 N–H and O–H groups in total. The molecule has 0 saturated heterocycles. The molecule has 0 fully saturated rings. The molecule has 50 heavy (non-hydrogen) atoms. The molecule has 0 aliphatic rings. The summed E-state index contributed by atoms with van der Waals surface area (Å²) in [7, 11) is 4.34. The maximum atomic E-state index is 13.3. The number of nitrogens with zero attached hydrogens (tertiary/aromatic N) is 5. The van der Waals surface area contributed by atoms with Gasteiger partial charge in [0.05, 0.1) is 15.9 Å². The molecular formula is C36H26BBrF2N9S. The van der Waals surface area contributed by atoms with Crippen LogP contribution in [0.4, 0.5) is 20.4 Å². The number of fused-ring (bicyclic) bond motifs is 2. The molecule has 9 nitrogen and oxygen atoms in total. The van der Waals surface area contributed by atoms with Crippen LogP contribution >= 0.6 is 28.7 Å². The van der Waals surface area contributed by atoms with E-state index in [1.165, 1.54) is 24.3 Å². The first-order valence-electron chi connectivity index (χ1n) is 14.9. The monoisotopic (exact) mass is 744 g/mol. The number of anilines is 2. The van der Waals surface area contributed by atoms with Crippen molar-refractivity contribution < 1.29 is 8.78 Å². The van der Waals surface area contributed by atoms with Crippen molar-refractivity contribution >= 4 is 70.1 Å². The summed E-state index contributed by atoms with van der Waals surface area (Å²) in [5, 5.41) is 1.89. The van der Waals surface area contributed by atoms with Gasteiger partial charge in [0.1, 0.15) is 34.6 Å². The zero-order chi connectivity index (χ0) is 35.2. The van der Waals surface area contributed by atoms with E-state index in [2.05, 4.69) is 70.6 Å². The van der Waals surface area contributed by atoms with E-state index in [0.29, 0.717) is 22.9 Å². The summed E-state index contributed by atoms with van der Waals surface area (Å²) in [4.78, 5) is 23.5. The van der Waals surface area contributed by atoms with Crippen molar-refractivity contribution in [3.63, 3.8) is 0 Å². The summed E-state index contributed by atoms with van der Waals surface area (Å²) in [6.45, 7) is 0. The molecule has 0 amide bonds. The topological polar surface area (TPSA) is 148 Å². The second-order valence-corrected chi connectivity index (χ2v) is 11.8. The molecule has 2 aromatic carbocycles. The molecule has 0 atom stereocenters. The quantitative estimate of drug-likeness (QED) is 0.0898. The molecular weight excluding hydrogens is 719 g/mol. The van der Waals surface area contributed by atoms with Gasteiger partial charge in [-0.2, -0.15) is 0 Å². The minimum atomic E-state index is -0.273. The molecule has 245 valence electrons. The van der Waals surface area contributed by atoms with Crippen molar-refractivity contribution in [2.75, 3.05) is 11.5 Å². The molecule has 8 rings (SSSR count). The van der Waals surface area contributed by atoms with Crippen LogP contribution in [0, 0.1) is 11.6 Å². The van der Waals surface area contributed by atoms with E-state index in [9.17, 15) is 8.78 Å². The Morgan fingerprint density at radius 2 is 1.06 bits per heavy atom. The number of nitrogens with one attached hydrogen (secondary N) is 2. The fourth-order valence-corrected chi connectivity index (χ4v) is 5.81. The van der Waals surface area contributed by atoms with Crippen molar-refractivity contribution in [3.8, 4) is 44.8 Å². The van der Waals surface area contributed by atoms with Gasteiger partial charge in [-0.15, -0.1) is 0 Å². The van der Waals surface area contributed by atoms with Gasteiger partial charge in [-0.1, -0.05) is 0 Å². The van der Waals surface area contributed by atoms with Crippen LogP contribution in [0.25, 0.3) is 66.8 Å². The number of thiol groups is 1. The van der Waals surface area contributed by atoms with Crippen molar-refractivity contribution in [1.82, 2.24) is 29.9 Å². The number of aromatic amines is 2. The Morgan fingerprint density at radius 1 is 0.620 bits per heavy atom. The predicted octanol–water partition coefficient (Wildman–Crippen LogP) is 8.97. The summed E-state index contributed by atoms with van der Waals surface area (Å²) in [5.41, 5.74) is 20.6. The molecule has 6 aromatic heterocycles. The molecule has 0 saturated carbocycles. The summed E-state index contributed by atoms with van der Waals surface area (Å²) in [5.74, 6) is 0.324. The average molecular weight is 745 g/mol. The van der Waals surface area contributed by atoms with Crippen molar-refractivity contribution in [1.29, 1.82) is 0 Å². The minimum absolute atomic E-state index is 0.266. The molecule has 8 aromatic rings. The first kappa shape index (κ1) is 34.1. The number of hydrogen-bond donors (Lipinski definition) is 5. The number of benzene rings is 2. The second-order valence-electron chi connectivity index (χ2n) is 10.7. The Kier molecular flexibility index (Phi) is 10.4. The van der Waals surface area contributed by atoms with E-state index in [-0.39, 0.29) is 11.6 Å². The summed E-state index contributed by atoms with van der Waals surface area (Å²) >= 11 is 6.63. The first-order valence-corrected chi connectivity index (χ1v) is 16.1. The number of aromatic nitrogens is 6. The van der Waals surface area contributed by atoms with E-state index in [1.54, 1.807) is 55.1 Å². The van der Waals surface area contributed by atoms with E-state index >= 15 is 0 Å². The van der Waals surface area contributed by atoms with Crippen LogP contribution in [0.3, 0.4) is 0 Å². The van der Waals surface area contributed by atoms with Crippen LogP contribution in [0.5, 0.6) is 0 Å². The SMILES string of the molecule is Nc1ccc2c(-c3ccncc3)c(-c3ccc(F)cc3)[nH]c2n1.Nc1nc2[nH]c(-c3ccc(F)cc3)c(-c3ccncc3)c2cc1Br.[B]=NS.